The molecule has 0 spiro atoms. The van der Waals surface area contributed by atoms with Crippen LogP contribution < -0.4 is 10.2 Å². The van der Waals surface area contributed by atoms with Crippen LogP contribution in [0.15, 0.2) is 24.3 Å². The van der Waals surface area contributed by atoms with Crippen molar-refractivity contribution < 1.29 is 32.3 Å². The van der Waals surface area contributed by atoms with Crippen molar-refractivity contribution in [1.29, 1.82) is 5.26 Å². The van der Waals surface area contributed by atoms with Gasteiger partial charge in [0.2, 0.25) is 0 Å². The highest BCUT2D eigenvalue weighted by molar-refractivity contribution is 6.07. The van der Waals surface area contributed by atoms with E-state index < -0.39 is 35.6 Å². The lowest BCUT2D eigenvalue weighted by atomic mass is 9.76. The summed E-state index contributed by atoms with van der Waals surface area (Å²) >= 11 is 0. The van der Waals surface area contributed by atoms with Crippen LogP contribution in [0.5, 0.6) is 0 Å². The van der Waals surface area contributed by atoms with Crippen LogP contribution in [0, 0.1) is 23.2 Å². The van der Waals surface area contributed by atoms with Crippen molar-refractivity contribution in [1.82, 2.24) is 20.0 Å². The molecular weight excluding hydrogens is 601 g/mol. The van der Waals surface area contributed by atoms with Crippen molar-refractivity contribution in [2.45, 2.75) is 94.6 Å². The van der Waals surface area contributed by atoms with Crippen molar-refractivity contribution in [3.63, 3.8) is 0 Å². The summed E-state index contributed by atoms with van der Waals surface area (Å²) in [4.78, 5) is 45.8. The molecule has 3 amide bonds. The molecule has 4 fully saturated rings. The highest BCUT2D eigenvalue weighted by Crippen LogP contribution is 2.52. The number of anilines is 1. The average Bonchev–Trinajstić information content (AvgIpc) is 3.39. The van der Waals surface area contributed by atoms with Crippen LogP contribution in [0.25, 0.3) is 0 Å². The maximum absolute atomic E-state index is 14.5. The number of nitriles is 1. The Kier molecular flexibility index (Phi) is 7.82. The first-order valence-electron chi connectivity index (χ1n) is 16.3. The van der Waals surface area contributed by atoms with E-state index in [-0.39, 0.29) is 47.6 Å². The minimum atomic E-state index is -4.64. The van der Waals surface area contributed by atoms with E-state index in [1.54, 1.807) is 14.5 Å². The van der Waals surface area contributed by atoms with E-state index in [0.717, 1.165) is 44.2 Å². The smallest absolute Gasteiger partial charge is 0.381 e. The number of hydrogen-bond donors (Lipinski definition) is 1. The topological polar surface area (TPSA) is 121 Å². The summed E-state index contributed by atoms with van der Waals surface area (Å²) in [5, 5.41) is 17.7. The van der Waals surface area contributed by atoms with Crippen LogP contribution >= 0.6 is 0 Å². The molecule has 5 atom stereocenters. The highest BCUT2D eigenvalue weighted by Gasteiger charge is 2.57. The van der Waals surface area contributed by atoms with Gasteiger partial charge in [0.25, 0.3) is 17.7 Å². The predicted octanol–water partition coefficient (Wildman–Crippen LogP) is 4.82. The van der Waals surface area contributed by atoms with Crippen molar-refractivity contribution in [2.75, 3.05) is 24.7 Å². The zero-order valence-corrected chi connectivity index (χ0v) is 25.6. The Morgan fingerprint density at radius 3 is 2.52 bits per heavy atom. The van der Waals surface area contributed by atoms with Gasteiger partial charge in [0, 0.05) is 42.8 Å². The fraction of sp³-hybridized carbons (Fsp3) is 0.606. The molecule has 2 saturated heterocycles. The molecule has 46 heavy (non-hydrogen) atoms. The van der Waals surface area contributed by atoms with Crippen molar-refractivity contribution in [2.24, 2.45) is 11.8 Å². The van der Waals surface area contributed by atoms with Gasteiger partial charge in [0.1, 0.15) is 17.9 Å². The number of rotatable bonds is 6. The van der Waals surface area contributed by atoms with Gasteiger partial charge < -0.3 is 15.0 Å². The SMILES string of the molecule is CCN1C(=O)[C@@H](NC(=O)c2cccc(C(F)(F)F)c2)[C@@H](C2CCCC2)c2c(C(=O)N3[C@H](C#N)C[C@H]4C[C@H]43)nn(C3CCOCC3)c21. The number of likely N-dealkylation sites (N-methyl/N-ethyl adjacent to an activating group) is 1. The molecule has 10 nitrogen and oxygen atoms in total. The minimum absolute atomic E-state index is 0.0186. The largest absolute Gasteiger partial charge is 0.416 e. The van der Waals surface area contributed by atoms with Gasteiger partial charge in [-0.2, -0.15) is 23.5 Å². The number of aromatic nitrogens is 2. The standard InChI is InChI=1S/C33H37F3N6O4/c1-2-40-30-26(28(39-42(30)22-10-12-46-13-11-22)32(45)41-23(17-37)15-20-16-24(20)41)25(18-6-3-4-7-18)27(31(40)44)38-29(43)19-8-5-9-21(14-19)33(34,35)36/h5,8-9,14,18,20,22-25,27H,2-4,6-7,10-13,15-16H2,1H3,(H,38,43)/t20-,23-,24+,25-,27-/m0/s1. The summed E-state index contributed by atoms with van der Waals surface area (Å²) in [6, 6.07) is 4.63. The third-order valence-electron chi connectivity index (χ3n) is 10.6. The molecule has 1 aromatic heterocycles. The molecule has 5 aliphatic rings. The number of alkyl halides is 3. The number of amides is 3. The normalized spacial score (nSPS) is 28.2. The Bertz CT molecular complexity index is 1590. The lowest BCUT2D eigenvalue weighted by Gasteiger charge is -2.41. The van der Waals surface area contributed by atoms with Crippen LogP contribution in [0.1, 0.15) is 102 Å². The van der Waals surface area contributed by atoms with E-state index in [9.17, 15) is 32.8 Å². The maximum atomic E-state index is 14.5. The molecular formula is C33H37F3N6O4. The average molecular weight is 639 g/mol. The molecule has 244 valence electrons. The molecule has 0 bridgehead atoms. The Balaban J connectivity index is 1.35. The monoisotopic (exact) mass is 638 g/mol. The van der Waals surface area contributed by atoms with Gasteiger partial charge >= 0.3 is 6.18 Å². The number of likely N-dealkylation sites (tertiary alicyclic amines) is 1. The van der Waals surface area contributed by atoms with E-state index in [4.69, 9.17) is 9.84 Å². The summed E-state index contributed by atoms with van der Waals surface area (Å²) in [7, 11) is 0. The second-order valence-electron chi connectivity index (χ2n) is 13.2. The summed E-state index contributed by atoms with van der Waals surface area (Å²) in [6.07, 6.45) is 1.49. The lowest BCUT2D eigenvalue weighted by molar-refractivity contribution is -0.137. The van der Waals surface area contributed by atoms with E-state index in [2.05, 4.69) is 11.4 Å². The number of carbonyl (C=O) groups excluding carboxylic acids is 3. The predicted molar refractivity (Wildman–Crippen MR) is 159 cm³/mol. The van der Waals surface area contributed by atoms with E-state index in [1.807, 2.05) is 6.92 Å². The molecule has 0 unspecified atom stereocenters. The Morgan fingerprint density at radius 2 is 1.85 bits per heavy atom. The quantitative estimate of drug-likeness (QED) is 0.485. The van der Waals surface area contributed by atoms with Gasteiger partial charge in [-0.3, -0.25) is 19.3 Å². The van der Waals surface area contributed by atoms with E-state index in [1.165, 1.54) is 12.1 Å². The zero-order chi connectivity index (χ0) is 32.3. The van der Waals surface area contributed by atoms with Crippen LogP contribution in [0.2, 0.25) is 0 Å². The molecule has 2 aromatic rings. The van der Waals surface area contributed by atoms with Gasteiger partial charge in [-0.05, 0) is 75.5 Å². The molecule has 13 heteroatoms. The third kappa shape index (κ3) is 5.14. The number of benzene rings is 1. The number of fused-ring (bicyclic) bond motifs is 2. The molecule has 7 rings (SSSR count). The number of piperidine rings is 1. The van der Waals surface area contributed by atoms with Gasteiger partial charge in [-0.15, -0.1) is 0 Å². The van der Waals surface area contributed by atoms with Gasteiger partial charge in [-0.1, -0.05) is 18.9 Å². The Morgan fingerprint density at radius 1 is 1.11 bits per heavy atom. The number of ether oxygens (including phenoxy) is 1. The van der Waals surface area contributed by atoms with Gasteiger partial charge in [0.15, 0.2) is 5.69 Å². The summed E-state index contributed by atoms with van der Waals surface area (Å²) in [5.41, 5.74) is -0.360. The third-order valence-corrected chi connectivity index (χ3v) is 10.6. The Hall–Kier alpha value is -3.92. The number of halogens is 3. The Labute approximate surface area is 264 Å². The van der Waals surface area contributed by atoms with Crippen LogP contribution in [0.3, 0.4) is 0 Å². The second kappa shape index (κ2) is 11.7. The number of nitrogens with zero attached hydrogens (tertiary/aromatic N) is 5. The molecule has 0 radical (unpaired) electrons. The first-order valence-corrected chi connectivity index (χ1v) is 16.3. The second-order valence-corrected chi connectivity index (χ2v) is 13.2. The highest BCUT2D eigenvalue weighted by atomic mass is 19.4. The van der Waals surface area contributed by atoms with E-state index in [0.29, 0.717) is 49.8 Å². The van der Waals surface area contributed by atoms with Crippen molar-refractivity contribution >= 4 is 23.5 Å². The van der Waals surface area contributed by atoms with Crippen LogP contribution in [-0.4, -0.2) is 70.3 Å². The summed E-state index contributed by atoms with van der Waals surface area (Å²) < 4.78 is 47.9. The van der Waals surface area contributed by atoms with E-state index >= 15 is 0 Å². The molecule has 3 aliphatic heterocycles. The lowest BCUT2D eigenvalue weighted by Crippen LogP contribution is -2.57. The summed E-state index contributed by atoms with van der Waals surface area (Å²) in [6.45, 7) is 3.07. The minimum Gasteiger partial charge on any atom is -0.381 e. The fourth-order valence-electron chi connectivity index (χ4n) is 8.28. The molecule has 1 aromatic carbocycles. The molecule has 1 N–H and O–H groups in total. The molecule has 4 heterocycles. The number of hydrogen-bond acceptors (Lipinski definition) is 6. The molecule has 2 saturated carbocycles. The van der Waals surface area contributed by atoms with Crippen LogP contribution in [-0.2, 0) is 15.7 Å². The van der Waals surface area contributed by atoms with Crippen molar-refractivity contribution in [3.05, 3.63) is 46.6 Å². The first kappa shape index (κ1) is 30.7. The van der Waals surface area contributed by atoms with Gasteiger partial charge in [0.05, 0.1) is 17.7 Å². The summed E-state index contributed by atoms with van der Waals surface area (Å²) in [5.74, 6) is -1.35. The first-order chi connectivity index (χ1) is 22.1. The maximum Gasteiger partial charge on any atom is 0.416 e. The number of carbonyl (C=O) groups is 3. The van der Waals surface area contributed by atoms with Gasteiger partial charge in [-0.25, -0.2) is 4.68 Å². The number of nitrogens with one attached hydrogen (secondary N) is 1. The molecule has 2 aliphatic carbocycles. The zero-order valence-electron chi connectivity index (χ0n) is 25.6. The fourth-order valence-corrected chi connectivity index (χ4v) is 8.28. The van der Waals surface area contributed by atoms with Crippen molar-refractivity contribution in [3.8, 4) is 6.07 Å². The van der Waals surface area contributed by atoms with Crippen LogP contribution in [0.4, 0.5) is 19.0 Å².